The van der Waals surface area contributed by atoms with Crippen LogP contribution in [0.1, 0.15) is 44.7 Å². The molecule has 2 N–H and O–H groups in total. The van der Waals surface area contributed by atoms with Gasteiger partial charge in [0.1, 0.15) is 12.4 Å². The highest BCUT2D eigenvalue weighted by molar-refractivity contribution is 9.10. The van der Waals surface area contributed by atoms with Crippen molar-refractivity contribution in [1.29, 1.82) is 0 Å². The van der Waals surface area contributed by atoms with Gasteiger partial charge in [-0.1, -0.05) is 26.8 Å². The van der Waals surface area contributed by atoms with E-state index in [1.165, 1.54) is 11.1 Å². The van der Waals surface area contributed by atoms with Gasteiger partial charge >= 0.3 is 6.09 Å². The molecule has 0 spiro atoms. The first kappa shape index (κ1) is 21.7. The van der Waals surface area contributed by atoms with Gasteiger partial charge in [-0.2, -0.15) is 0 Å². The van der Waals surface area contributed by atoms with Gasteiger partial charge in [-0.05, 0) is 82.9 Å². The van der Waals surface area contributed by atoms with E-state index in [9.17, 15) is 4.79 Å². The Morgan fingerprint density at radius 1 is 1.32 bits per heavy atom. The lowest BCUT2D eigenvalue weighted by atomic mass is 10.1. The maximum absolute atomic E-state index is 10.9. The van der Waals surface area contributed by atoms with E-state index in [0.29, 0.717) is 12.5 Å². The van der Waals surface area contributed by atoms with Gasteiger partial charge in [-0.15, -0.1) is 0 Å². The summed E-state index contributed by atoms with van der Waals surface area (Å²) < 4.78 is 13.4. The molecule has 28 heavy (non-hydrogen) atoms. The normalized spacial score (nSPS) is 20.6. The highest BCUT2D eigenvalue weighted by atomic mass is 79.9. The number of ether oxygens (including phenoxy) is 1. The Morgan fingerprint density at radius 2 is 2.00 bits per heavy atom. The Bertz CT molecular complexity index is 756. The third kappa shape index (κ3) is 4.74. The van der Waals surface area contributed by atoms with Crippen molar-refractivity contribution in [2.45, 2.75) is 70.1 Å². The maximum atomic E-state index is 10.9. The minimum atomic E-state index is -1.73. The molecule has 5 nitrogen and oxygen atoms in total. The Hall–Kier alpha value is -1.05. The molecule has 3 rings (SSSR count). The quantitative estimate of drug-likeness (QED) is 0.526. The Balaban J connectivity index is 1.60. The first-order valence-electron chi connectivity index (χ1n) is 10.0. The minimum Gasteiger partial charge on any atom is -0.490 e. The third-order valence-corrected chi connectivity index (χ3v) is 11.9. The van der Waals surface area contributed by atoms with Crippen molar-refractivity contribution in [3.05, 3.63) is 27.7 Å². The van der Waals surface area contributed by atoms with E-state index < -0.39 is 19.9 Å². The summed E-state index contributed by atoms with van der Waals surface area (Å²) in [7, 11) is -1.73. The van der Waals surface area contributed by atoms with E-state index in [2.05, 4.69) is 61.2 Å². The number of amides is 1. The zero-order valence-corrected chi connectivity index (χ0v) is 20.1. The average Bonchev–Trinajstić information content (AvgIpc) is 3.18. The van der Waals surface area contributed by atoms with Crippen LogP contribution in [0.25, 0.3) is 0 Å². The van der Waals surface area contributed by atoms with Gasteiger partial charge in [0, 0.05) is 6.61 Å². The van der Waals surface area contributed by atoms with Crippen molar-refractivity contribution in [3.8, 4) is 5.75 Å². The molecular weight excluding hydrogens is 438 g/mol. The molecule has 1 aromatic rings. The average molecular weight is 470 g/mol. The summed E-state index contributed by atoms with van der Waals surface area (Å²) >= 11 is 3.73. The van der Waals surface area contributed by atoms with Gasteiger partial charge in [-0.3, -0.25) is 0 Å². The topological polar surface area (TPSA) is 67.8 Å². The van der Waals surface area contributed by atoms with Crippen LogP contribution in [0.5, 0.6) is 5.75 Å². The molecule has 1 fully saturated rings. The van der Waals surface area contributed by atoms with E-state index >= 15 is 0 Å². The van der Waals surface area contributed by atoms with Crippen LogP contribution >= 0.6 is 15.9 Å². The summed E-state index contributed by atoms with van der Waals surface area (Å²) in [5.74, 6) is 1.29. The monoisotopic (exact) mass is 469 g/mol. The fourth-order valence-corrected chi connectivity index (χ4v) is 5.14. The number of hydrogen-bond donors (Lipinski definition) is 2. The maximum Gasteiger partial charge on any atom is 0.405 e. The van der Waals surface area contributed by atoms with Crippen LogP contribution < -0.4 is 10.1 Å². The molecular formula is C21H32BrNO4Si. The van der Waals surface area contributed by atoms with Crippen LogP contribution in [0.2, 0.25) is 18.1 Å². The number of halogens is 1. The van der Waals surface area contributed by atoms with E-state index in [1.54, 1.807) is 0 Å². The number of fused-ring (bicyclic) bond motifs is 1. The molecule has 1 unspecified atom stereocenters. The molecule has 1 saturated carbocycles. The molecule has 0 radical (unpaired) electrons. The van der Waals surface area contributed by atoms with Gasteiger partial charge in [-0.25, -0.2) is 4.79 Å². The van der Waals surface area contributed by atoms with Crippen molar-refractivity contribution in [1.82, 2.24) is 5.32 Å². The van der Waals surface area contributed by atoms with Crippen LogP contribution in [-0.2, 0) is 17.3 Å². The SMILES string of the molecule is CC(C)(C)[Si](C)(C)OCC1Cc2ccc(OCC3(NC(=O)O)CC3)c(Br)c2C1. The smallest absolute Gasteiger partial charge is 0.405 e. The third-order valence-electron chi connectivity index (χ3n) is 6.52. The Morgan fingerprint density at radius 3 is 2.57 bits per heavy atom. The summed E-state index contributed by atoms with van der Waals surface area (Å²) in [6.45, 7) is 12.6. The van der Waals surface area contributed by atoms with E-state index in [-0.39, 0.29) is 5.04 Å². The molecule has 0 bridgehead atoms. The summed E-state index contributed by atoms with van der Waals surface area (Å²) in [5.41, 5.74) is 2.24. The van der Waals surface area contributed by atoms with Gasteiger partial charge < -0.3 is 19.6 Å². The predicted molar refractivity (Wildman–Crippen MR) is 117 cm³/mol. The van der Waals surface area contributed by atoms with Gasteiger partial charge in [0.05, 0.1) is 10.0 Å². The fraction of sp³-hybridized carbons (Fsp3) is 0.667. The van der Waals surface area contributed by atoms with Crippen molar-refractivity contribution in [2.75, 3.05) is 13.2 Å². The lowest BCUT2D eigenvalue weighted by molar-refractivity contribution is 0.177. The largest absolute Gasteiger partial charge is 0.490 e. The van der Waals surface area contributed by atoms with Crippen LogP contribution in [0.4, 0.5) is 4.79 Å². The molecule has 1 aromatic carbocycles. The molecule has 156 valence electrons. The Labute approximate surface area is 177 Å². The number of carbonyl (C=O) groups is 1. The summed E-state index contributed by atoms with van der Waals surface area (Å²) in [5, 5.41) is 11.8. The molecule has 0 aromatic heterocycles. The number of benzene rings is 1. The summed E-state index contributed by atoms with van der Waals surface area (Å²) in [4.78, 5) is 10.9. The van der Waals surface area contributed by atoms with Gasteiger partial charge in [0.25, 0.3) is 0 Å². The number of rotatable bonds is 7. The first-order valence-corrected chi connectivity index (χ1v) is 13.7. The molecule has 1 atom stereocenters. The second kappa shape index (κ2) is 7.65. The predicted octanol–water partition coefficient (Wildman–Crippen LogP) is 5.36. The van der Waals surface area contributed by atoms with Crippen molar-refractivity contribution >= 4 is 30.3 Å². The standard InChI is InChI=1S/C21H32BrNO4Si/c1-20(2,3)28(4,5)27-12-14-10-15-6-7-17(18(22)16(15)11-14)26-13-21(8-9-21)23-19(24)25/h6-7,14,23H,8-13H2,1-5H3,(H,24,25). The number of hydrogen-bond acceptors (Lipinski definition) is 3. The van der Waals surface area contributed by atoms with Gasteiger partial charge in [0.2, 0.25) is 0 Å². The van der Waals surface area contributed by atoms with Crippen molar-refractivity contribution in [3.63, 3.8) is 0 Å². The highest BCUT2D eigenvalue weighted by Gasteiger charge is 2.45. The molecule has 2 aliphatic carbocycles. The van der Waals surface area contributed by atoms with Gasteiger partial charge in [0.15, 0.2) is 8.32 Å². The van der Waals surface area contributed by atoms with Crippen molar-refractivity contribution in [2.24, 2.45) is 5.92 Å². The minimum absolute atomic E-state index is 0.225. The highest BCUT2D eigenvalue weighted by Crippen LogP contribution is 2.42. The van der Waals surface area contributed by atoms with Crippen LogP contribution in [0.3, 0.4) is 0 Å². The van der Waals surface area contributed by atoms with E-state index in [1.807, 2.05) is 6.07 Å². The van der Waals surface area contributed by atoms with E-state index in [0.717, 1.165) is 42.5 Å². The Kier molecular flexibility index (Phi) is 5.91. The molecule has 0 aliphatic heterocycles. The molecule has 0 saturated heterocycles. The first-order chi connectivity index (χ1) is 12.9. The van der Waals surface area contributed by atoms with Crippen molar-refractivity contribution < 1.29 is 19.1 Å². The zero-order chi connectivity index (χ0) is 20.7. The van der Waals surface area contributed by atoms with Crippen LogP contribution in [-0.4, -0.2) is 38.3 Å². The molecule has 7 heteroatoms. The molecule has 0 heterocycles. The summed E-state index contributed by atoms with van der Waals surface area (Å²) in [6.07, 6.45) is 2.69. The van der Waals surface area contributed by atoms with Crippen LogP contribution in [0.15, 0.2) is 16.6 Å². The number of carboxylic acid groups (broad SMARTS) is 1. The lowest BCUT2D eigenvalue weighted by Crippen LogP contribution is -2.42. The number of nitrogens with one attached hydrogen (secondary N) is 1. The zero-order valence-electron chi connectivity index (χ0n) is 17.5. The van der Waals surface area contributed by atoms with Crippen LogP contribution in [0, 0.1) is 5.92 Å². The summed E-state index contributed by atoms with van der Waals surface area (Å²) in [6, 6.07) is 4.14. The molecule has 1 amide bonds. The van der Waals surface area contributed by atoms with E-state index in [4.69, 9.17) is 14.3 Å². The second-order valence-electron chi connectivity index (χ2n) is 9.86. The molecule has 2 aliphatic rings. The lowest BCUT2D eigenvalue weighted by Gasteiger charge is -2.37. The second-order valence-corrected chi connectivity index (χ2v) is 15.5. The fourth-order valence-electron chi connectivity index (χ4n) is 3.39.